The van der Waals surface area contributed by atoms with E-state index in [1.165, 1.54) is 6.07 Å². The van der Waals surface area contributed by atoms with Crippen molar-refractivity contribution >= 4 is 17.6 Å². The van der Waals surface area contributed by atoms with Crippen LogP contribution in [0.2, 0.25) is 5.02 Å². The van der Waals surface area contributed by atoms with Crippen molar-refractivity contribution < 1.29 is 27.5 Å². The molecule has 0 fully saturated rings. The molecule has 18 heavy (non-hydrogen) atoms. The predicted octanol–water partition coefficient (Wildman–Crippen LogP) is 3.13. The van der Waals surface area contributed by atoms with Gasteiger partial charge in [-0.2, -0.15) is 13.2 Å². The van der Waals surface area contributed by atoms with Crippen LogP contribution in [0.5, 0.6) is 0 Å². The van der Waals surface area contributed by atoms with Gasteiger partial charge in [-0.25, -0.2) is 9.18 Å². The first-order valence-electron chi connectivity index (χ1n) is 4.57. The largest absolute Gasteiger partial charge is 0.490 e. The highest BCUT2D eigenvalue weighted by Crippen LogP contribution is 2.21. The van der Waals surface area contributed by atoms with Gasteiger partial charge in [0, 0.05) is 11.6 Å². The van der Waals surface area contributed by atoms with Crippen LogP contribution in [0, 0.1) is 5.82 Å². The summed E-state index contributed by atoms with van der Waals surface area (Å²) in [5.41, 5.74) is 5.94. The standard InChI is InChI=1S/C8H9ClFN.C2HF3O2/c1-5(11)6-3-2-4-7(9)8(6)10;3-2(4,5)1(6)7/h2-5H,11H2,1H3;(H,6,7)/t5-;/m1./s1. The molecule has 0 unspecified atom stereocenters. The first kappa shape index (κ1) is 16.7. The zero-order valence-electron chi connectivity index (χ0n) is 9.13. The number of benzene rings is 1. The van der Waals surface area contributed by atoms with Crippen molar-refractivity contribution in [2.75, 3.05) is 0 Å². The van der Waals surface area contributed by atoms with E-state index in [4.69, 9.17) is 27.2 Å². The highest BCUT2D eigenvalue weighted by Gasteiger charge is 2.38. The second-order valence-corrected chi connectivity index (χ2v) is 3.64. The van der Waals surface area contributed by atoms with Crippen molar-refractivity contribution in [3.8, 4) is 0 Å². The molecule has 0 aromatic heterocycles. The van der Waals surface area contributed by atoms with Crippen molar-refractivity contribution in [2.45, 2.75) is 19.1 Å². The predicted molar refractivity (Wildman–Crippen MR) is 57.7 cm³/mol. The fourth-order valence-corrected chi connectivity index (χ4v) is 1.05. The number of hydrogen-bond donors (Lipinski definition) is 2. The van der Waals surface area contributed by atoms with E-state index in [1.54, 1.807) is 19.1 Å². The van der Waals surface area contributed by atoms with Gasteiger partial charge in [0.05, 0.1) is 5.02 Å². The quantitative estimate of drug-likeness (QED) is 0.780. The molecule has 1 aromatic rings. The van der Waals surface area contributed by atoms with E-state index < -0.39 is 18.0 Å². The second kappa shape index (κ2) is 6.55. The Morgan fingerprint density at radius 2 is 1.89 bits per heavy atom. The summed E-state index contributed by atoms with van der Waals surface area (Å²) in [6.45, 7) is 1.72. The molecule has 8 heteroatoms. The summed E-state index contributed by atoms with van der Waals surface area (Å²) in [6.07, 6.45) is -5.08. The zero-order chi connectivity index (χ0) is 14.5. The van der Waals surface area contributed by atoms with Crippen LogP contribution in [-0.4, -0.2) is 17.3 Å². The summed E-state index contributed by atoms with van der Waals surface area (Å²) in [6, 6.07) is 4.51. The molecule has 0 radical (unpaired) electrons. The Morgan fingerprint density at radius 1 is 1.44 bits per heavy atom. The number of hydrogen-bond acceptors (Lipinski definition) is 2. The molecule has 0 heterocycles. The molecular weight excluding hydrogens is 278 g/mol. The fraction of sp³-hybridized carbons (Fsp3) is 0.300. The molecule has 0 saturated carbocycles. The second-order valence-electron chi connectivity index (χ2n) is 3.23. The zero-order valence-corrected chi connectivity index (χ0v) is 9.89. The lowest BCUT2D eigenvalue weighted by Gasteiger charge is -2.06. The van der Waals surface area contributed by atoms with Crippen LogP contribution >= 0.6 is 11.6 Å². The van der Waals surface area contributed by atoms with Gasteiger partial charge in [0.1, 0.15) is 5.82 Å². The summed E-state index contributed by atoms with van der Waals surface area (Å²) in [5, 5.41) is 7.25. The maximum atomic E-state index is 13.0. The highest BCUT2D eigenvalue weighted by molar-refractivity contribution is 6.30. The van der Waals surface area contributed by atoms with Crippen LogP contribution in [0.15, 0.2) is 18.2 Å². The third-order valence-electron chi connectivity index (χ3n) is 1.71. The van der Waals surface area contributed by atoms with Crippen molar-refractivity contribution in [1.29, 1.82) is 0 Å². The van der Waals surface area contributed by atoms with Crippen LogP contribution < -0.4 is 5.73 Å². The molecule has 0 spiro atoms. The Labute approximate surface area is 105 Å². The first-order valence-corrected chi connectivity index (χ1v) is 4.94. The molecule has 0 amide bonds. The number of halogens is 5. The van der Waals surface area contributed by atoms with E-state index in [9.17, 15) is 17.6 Å². The molecule has 0 saturated heterocycles. The Morgan fingerprint density at radius 3 is 2.17 bits per heavy atom. The van der Waals surface area contributed by atoms with Crippen LogP contribution in [-0.2, 0) is 4.79 Å². The topological polar surface area (TPSA) is 63.3 Å². The molecule has 1 atom stereocenters. The van der Waals surface area contributed by atoms with Crippen molar-refractivity contribution in [2.24, 2.45) is 5.73 Å². The molecule has 0 aliphatic heterocycles. The molecule has 0 bridgehead atoms. The van der Waals surface area contributed by atoms with Gasteiger partial charge in [-0.05, 0) is 13.0 Å². The van der Waals surface area contributed by atoms with Crippen LogP contribution in [0.1, 0.15) is 18.5 Å². The van der Waals surface area contributed by atoms with Crippen molar-refractivity contribution in [1.82, 2.24) is 0 Å². The summed E-state index contributed by atoms with van der Waals surface area (Å²) in [7, 11) is 0. The molecule has 1 aromatic carbocycles. The van der Waals surface area contributed by atoms with E-state index >= 15 is 0 Å². The SMILES string of the molecule is C[C@@H](N)c1cccc(Cl)c1F.O=C(O)C(F)(F)F. The van der Waals surface area contributed by atoms with E-state index in [1.807, 2.05) is 0 Å². The highest BCUT2D eigenvalue weighted by atomic mass is 35.5. The maximum absolute atomic E-state index is 13.0. The van der Waals surface area contributed by atoms with Gasteiger partial charge >= 0.3 is 12.1 Å². The van der Waals surface area contributed by atoms with E-state index in [-0.39, 0.29) is 11.1 Å². The Hall–Kier alpha value is -1.34. The molecule has 1 rings (SSSR count). The minimum Gasteiger partial charge on any atom is -0.475 e. The average Bonchev–Trinajstić information content (AvgIpc) is 2.21. The van der Waals surface area contributed by atoms with Crippen LogP contribution in [0.4, 0.5) is 17.6 Å². The third kappa shape index (κ3) is 5.33. The number of aliphatic carboxylic acids is 1. The van der Waals surface area contributed by atoms with Crippen molar-refractivity contribution in [3.63, 3.8) is 0 Å². The smallest absolute Gasteiger partial charge is 0.475 e. The lowest BCUT2D eigenvalue weighted by Crippen LogP contribution is -2.21. The first-order chi connectivity index (χ1) is 8.07. The van der Waals surface area contributed by atoms with E-state index in [0.717, 1.165) is 0 Å². The third-order valence-corrected chi connectivity index (χ3v) is 2.01. The van der Waals surface area contributed by atoms with Gasteiger partial charge in [-0.3, -0.25) is 0 Å². The molecule has 102 valence electrons. The molecule has 0 aliphatic carbocycles. The normalized spacial score (nSPS) is 12.4. The molecular formula is C10H10ClF4NO2. The summed E-state index contributed by atoms with van der Waals surface area (Å²) < 4.78 is 44.8. The maximum Gasteiger partial charge on any atom is 0.490 e. The van der Waals surface area contributed by atoms with E-state index in [0.29, 0.717) is 5.56 Å². The summed E-state index contributed by atoms with van der Waals surface area (Å²) in [4.78, 5) is 8.90. The van der Waals surface area contributed by atoms with E-state index in [2.05, 4.69) is 0 Å². The molecule has 3 nitrogen and oxygen atoms in total. The number of carboxylic acids is 1. The number of carbonyl (C=O) groups is 1. The van der Waals surface area contributed by atoms with Gasteiger partial charge in [0.2, 0.25) is 0 Å². The number of nitrogens with two attached hydrogens (primary N) is 1. The fourth-order valence-electron chi connectivity index (χ4n) is 0.872. The number of carboxylic acid groups (broad SMARTS) is 1. The van der Waals surface area contributed by atoms with Gasteiger partial charge < -0.3 is 10.8 Å². The summed E-state index contributed by atoms with van der Waals surface area (Å²) >= 11 is 5.53. The lowest BCUT2D eigenvalue weighted by molar-refractivity contribution is -0.192. The number of alkyl halides is 3. The Balaban J connectivity index is 0.000000360. The van der Waals surface area contributed by atoms with Gasteiger partial charge in [0.25, 0.3) is 0 Å². The van der Waals surface area contributed by atoms with Gasteiger partial charge in [0.15, 0.2) is 0 Å². The van der Waals surface area contributed by atoms with Gasteiger partial charge in [-0.15, -0.1) is 0 Å². The van der Waals surface area contributed by atoms with Crippen molar-refractivity contribution in [3.05, 3.63) is 34.6 Å². The minimum atomic E-state index is -5.08. The monoisotopic (exact) mass is 287 g/mol. The minimum absolute atomic E-state index is 0.125. The van der Waals surface area contributed by atoms with Gasteiger partial charge in [-0.1, -0.05) is 23.7 Å². The molecule has 0 aliphatic rings. The molecule has 3 N–H and O–H groups in total. The summed E-state index contributed by atoms with van der Waals surface area (Å²) in [5.74, 6) is -3.17. The number of rotatable bonds is 1. The average molecular weight is 288 g/mol. The van der Waals surface area contributed by atoms with Crippen LogP contribution in [0.3, 0.4) is 0 Å². The Kier molecular flexibility index (Phi) is 6.07. The Bertz CT molecular complexity index is 421. The van der Waals surface area contributed by atoms with Crippen LogP contribution in [0.25, 0.3) is 0 Å². The lowest BCUT2D eigenvalue weighted by atomic mass is 10.1.